The molecule has 2 aromatic carbocycles. The summed E-state index contributed by atoms with van der Waals surface area (Å²) in [6.07, 6.45) is 0.459. The van der Waals surface area contributed by atoms with E-state index in [1.54, 1.807) is 12.1 Å². The van der Waals surface area contributed by atoms with Crippen molar-refractivity contribution in [3.63, 3.8) is 0 Å². The second-order valence-electron chi connectivity index (χ2n) is 7.74. The molecular weight excluding hydrogens is 371 g/mol. The Labute approximate surface area is 171 Å². The maximum atomic E-state index is 13.9. The second kappa shape index (κ2) is 9.37. The van der Waals surface area contributed by atoms with E-state index in [0.717, 1.165) is 25.2 Å². The number of methoxy groups -OCH3 is 1. The van der Waals surface area contributed by atoms with E-state index in [1.807, 2.05) is 31.2 Å². The van der Waals surface area contributed by atoms with Gasteiger partial charge in [0.1, 0.15) is 0 Å². The highest BCUT2D eigenvalue weighted by Gasteiger charge is 2.22. The largest absolute Gasteiger partial charge is 0.494 e. The van der Waals surface area contributed by atoms with Crippen LogP contribution < -0.4 is 10.1 Å². The minimum absolute atomic E-state index is 0.186. The molecule has 2 aromatic rings. The lowest BCUT2D eigenvalue weighted by Crippen LogP contribution is -2.44. The third-order valence-corrected chi connectivity index (χ3v) is 5.14. The van der Waals surface area contributed by atoms with Crippen LogP contribution in [0.4, 0.5) is 4.39 Å². The second-order valence-corrected chi connectivity index (χ2v) is 7.74. The van der Waals surface area contributed by atoms with Crippen molar-refractivity contribution in [2.24, 2.45) is 0 Å². The van der Waals surface area contributed by atoms with E-state index in [9.17, 15) is 9.18 Å². The highest BCUT2D eigenvalue weighted by atomic mass is 19.1. The SMILES string of the molecule is COc1ccc([C@H](C)NC(=O)c2ccc(CN3C[C@@H](C)O[C@@H](C)C3)cc2)cc1F. The van der Waals surface area contributed by atoms with Gasteiger partial charge in [-0.05, 0) is 56.2 Å². The van der Waals surface area contributed by atoms with Crippen molar-refractivity contribution in [3.8, 4) is 5.75 Å². The van der Waals surface area contributed by atoms with Crippen LogP contribution in [-0.4, -0.2) is 43.2 Å². The Balaban J connectivity index is 1.59. The van der Waals surface area contributed by atoms with Gasteiger partial charge in [-0.2, -0.15) is 0 Å². The third-order valence-electron chi connectivity index (χ3n) is 5.14. The molecule has 6 heteroatoms. The van der Waals surface area contributed by atoms with Crippen LogP contribution in [0.25, 0.3) is 0 Å². The predicted molar refractivity (Wildman–Crippen MR) is 111 cm³/mol. The molecule has 29 heavy (non-hydrogen) atoms. The van der Waals surface area contributed by atoms with Gasteiger partial charge >= 0.3 is 0 Å². The summed E-state index contributed by atoms with van der Waals surface area (Å²) >= 11 is 0. The zero-order valence-electron chi connectivity index (χ0n) is 17.4. The van der Waals surface area contributed by atoms with Crippen LogP contribution in [0.2, 0.25) is 0 Å². The number of nitrogens with zero attached hydrogens (tertiary/aromatic N) is 1. The Morgan fingerprint density at radius 3 is 2.45 bits per heavy atom. The molecule has 0 bridgehead atoms. The summed E-state index contributed by atoms with van der Waals surface area (Å²) in [5.41, 5.74) is 2.43. The lowest BCUT2D eigenvalue weighted by Gasteiger charge is -2.35. The van der Waals surface area contributed by atoms with Gasteiger partial charge in [0.2, 0.25) is 0 Å². The van der Waals surface area contributed by atoms with E-state index in [4.69, 9.17) is 9.47 Å². The molecule has 0 aliphatic carbocycles. The summed E-state index contributed by atoms with van der Waals surface area (Å²) in [4.78, 5) is 14.9. The van der Waals surface area contributed by atoms with E-state index < -0.39 is 5.82 Å². The number of carbonyl (C=O) groups excluding carboxylic acids is 1. The molecule has 156 valence electrons. The highest BCUT2D eigenvalue weighted by molar-refractivity contribution is 5.94. The summed E-state index contributed by atoms with van der Waals surface area (Å²) < 4.78 is 24.6. The molecule has 1 aliphatic heterocycles. The van der Waals surface area contributed by atoms with Crippen molar-refractivity contribution >= 4 is 5.91 Å². The molecule has 1 aliphatic rings. The Morgan fingerprint density at radius 2 is 1.86 bits per heavy atom. The number of hydrogen-bond acceptors (Lipinski definition) is 4. The first kappa shape index (κ1) is 21.3. The third kappa shape index (κ3) is 5.55. The quantitative estimate of drug-likeness (QED) is 0.798. The number of benzene rings is 2. The number of morpholine rings is 1. The average molecular weight is 400 g/mol. The number of ether oxygens (including phenoxy) is 2. The van der Waals surface area contributed by atoms with Gasteiger partial charge in [0, 0.05) is 25.2 Å². The standard InChI is InChI=1S/C23H29FN2O3/c1-15-12-26(13-16(2)29-15)14-18-5-7-19(8-6-18)23(27)25-17(3)20-9-10-22(28-4)21(24)11-20/h5-11,15-17H,12-14H2,1-4H3,(H,25,27)/t15-,16+,17-/m0/s1. The number of rotatable bonds is 6. The molecule has 1 heterocycles. The minimum atomic E-state index is -0.442. The number of hydrogen-bond donors (Lipinski definition) is 1. The first-order chi connectivity index (χ1) is 13.9. The number of amides is 1. The van der Waals surface area contributed by atoms with Crippen molar-refractivity contribution in [2.45, 2.75) is 45.6 Å². The Bertz CT molecular complexity index is 831. The Morgan fingerprint density at radius 1 is 1.21 bits per heavy atom. The molecule has 1 amide bonds. The number of carbonyl (C=O) groups is 1. The monoisotopic (exact) mass is 400 g/mol. The first-order valence-corrected chi connectivity index (χ1v) is 9.96. The van der Waals surface area contributed by atoms with Gasteiger partial charge in [0.25, 0.3) is 5.91 Å². The van der Waals surface area contributed by atoms with E-state index in [1.165, 1.54) is 13.2 Å². The van der Waals surface area contributed by atoms with Crippen LogP contribution in [0, 0.1) is 5.82 Å². The van der Waals surface area contributed by atoms with Gasteiger partial charge in [-0.1, -0.05) is 18.2 Å². The molecule has 0 saturated carbocycles. The van der Waals surface area contributed by atoms with E-state index in [-0.39, 0.29) is 29.9 Å². The number of nitrogens with one attached hydrogen (secondary N) is 1. The zero-order chi connectivity index (χ0) is 21.0. The Hall–Kier alpha value is -2.44. The normalized spacial score (nSPS) is 20.9. The van der Waals surface area contributed by atoms with Crippen molar-refractivity contribution in [2.75, 3.05) is 20.2 Å². The molecule has 3 rings (SSSR count). The van der Waals surface area contributed by atoms with Crippen molar-refractivity contribution in [1.82, 2.24) is 10.2 Å². The van der Waals surface area contributed by atoms with Crippen LogP contribution in [0.3, 0.4) is 0 Å². The van der Waals surface area contributed by atoms with Gasteiger partial charge in [-0.3, -0.25) is 9.69 Å². The lowest BCUT2D eigenvalue weighted by molar-refractivity contribution is -0.0704. The zero-order valence-corrected chi connectivity index (χ0v) is 17.4. The molecule has 0 aromatic heterocycles. The van der Waals surface area contributed by atoms with E-state index >= 15 is 0 Å². The molecule has 0 unspecified atom stereocenters. The fourth-order valence-electron chi connectivity index (χ4n) is 3.75. The average Bonchev–Trinajstić information content (AvgIpc) is 2.67. The first-order valence-electron chi connectivity index (χ1n) is 9.96. The van der Waals surface area contributed by atoms with Gasteiger partial charge < -0.3 is 14.8 Å². The summed E-state index contributed by atoms with van der Waals surface area (Å²) in [7, 11) is 1.42. The molecule has 3 atom stereocenters. The van der Waals surface area contributed by atoms with Crippen LogP contribution in [0.1, 0.15) is 48.3 Å². The number of halogens is 1. The fraction of sp³-hybridized carbons (Fsp3) is 0.435. The topological polar surface area (TPSA) is 50.8 Å². The van der Waals surface area contributed by atoms with Crippen LogP contribution in [0.5, 0.6) is 5.75 Å². The van der Waals surface area contributed by atoms with Gasteiger partial charge in [-0.15, -0.1) is 0 Å². The van der Waals surface area contributed by atoms with Gasteiger partial charge in [0.15, 0.2) is 11.6 Å². The van der Waals surface area contributed by atoms with Gasteiger partial charge in [0.05, 0.1) is 25.4 Å². The molecule has 0 spiro atoms. The van der Waals surface area contributed by atoms with Crippen LogP contribution >= 0.6 is 0 Å². The molecule has 5 nitrogen and oxygen atoms in total. The molecule has 1 fully saturated rings. The summed E-state index contributed by atoms with van der Waals surface area (Å²) in [6, 6.07) is 12.0. The van der Waals surface area contributed by atoms with Crippen LogP contribution in [0.15, 0.2) is 42.5 Å². The molecule has 0 radical (unpaired) electrons. The summed E-state index contributed by atoms with van der Waals surface area (Å²) in [5.74, 6) is -0.442. The van der Waals surface area contributed by atoms with Crippen molar-refractivity contribution in [3.05, 3.63) is 65.0 Å². The van der Waals surface area contributed by atoms with Gasteiger partial charge in [-0.25, -0.2) is 4.39 Å². The minimum Gasteiger partial charge on any atom is -0.494 e. The maximum absolute atomic E-state index is 13.9. The lowest BCUT2D eigenvalue weighted by atomic mass is 10.1. The Kier molecular flexibility index (Phi) is 6.87. The van der Waals surface area contributed by atoms with Crippen molar-refractivity contribution < 1.29 is 18.7 Å². The fourth-order valence-corrected chi connectivity index (χ4v) is 3.75. The molecular formula is C23H29FN2O3. The van der Waals surface area contributed by atoms with E-state index in [0.29, 0.717) is 11.1 Å². The maximum Gasteiger partial charge on any atom is 0.251 e. The van der Waals surface area contributed by atoms with E-state index in [2.05, 4.69) is 24.1 Å². The molecule has 1 N–H and O–H groups in total. The van der Waals surface area contributed by atoms with Crippen molar-refractivity contribution in [1.29, 1.82) is 0 Å². The molecule has 1 saturated heterocycles. The van der Waals surface area contributed by atoms with Crippen LogP contribution in [-0.2, 0) is 11.3 Å². The summed E-state index contributed by atoms with van der Waals surface area (Å²) in [6.45, 7) is 8.65. The predicted octanol–water partition coefficient (Wildman–Crippen LogP) is 3.93. The summed E-state index contributed by atoms with van der Waals surface area (Å²) in [5, 5.41) is 2.92. The highest BCUT2D eigenvalue weighted by Crippen LogP contribution is 2.22. The smallest absolute Gasteiger partial charge is 0.251 e.